The lowest BCUT2D eigenvalue weighted by molar-refractivity contribution is 1.09. The standard InChI is InChI=1S/C16H10N3.C8H6N3.Al/c1-2-6-12-11(5-1)9-10-17-15(12)16-18-13-7-3-4-8-14(13)19-16;1-2-4-9-7(3-1)8-10-5-6-11-8;/h1-10H;1-6H;/q2*-1;+2. The molecule has 6 aromatic rings. The van der Waals surface area contributed by atoms with Crippen molar-refractivity contribution in [3.63, 3.8) is 0 Å². The highest BCUT2D eigenvalue weighted by molar-refractivity contribution is 6.35. The Bertz CT molecular complexity index is 1510. The molecule has 7 heteroatoms. The van der Waals surface area contributed by atoms with Crippen LogP contribution in [0.1, 0.15) is 0 Å². The van der Waals surface area contributed by atoms with E-state index in [2.05, 4.69) is 35.3 Å². The van der Waals surface area contributed by atoms with Crippen molar-refractivity contribution in [1.29, 1.82) is 0 Å². The van der Waals surface area contributed by atoms with Crippen LogP contribution < -0.4 is 0 Å². The Hall–Kier alpha value is -3.79. The molecule has 1 radical (unpaired) electrons. The topological polar surface area (TPSA) is 61.4 Å². The van der Waals surface area contributed by atoms with E-state index in [9.17, 15) is 0 Å². The van der Waals surface area contributed by atoms with Crippen LogP contribution >= 0.6 is 0 Å². The van der Waals surface area contributed by atoms with Crippen LogP contribution in [0.3, 0.4) is 0 Å². The Morgan fingerprint density at radius 1 is 0.677 bits per heavy atom. The molecule has 4 aromatic heterocycles. The average Bonchev–Trinajstić information content (AvgIpc) is 3.44. The van der Waals surface area contributed by atoms with Gasteiger partial charge in [-0.3, -0.25) is 9.97 Å². The normalized spacial score (nSPS) is 11.2. The van der Waals surface area contributed by atoms with Crippen molar-refractivity contribution in [2.45, 2.75) is 0 Å². The van der Waals surface area contributed by atoms with Crippen molar-refractivity contribution in [3.8, 4) is 23.0 Å². The fraction of sp³-hybridized carbons (Fsp3) is 0. The van der Waals surface area contributed by atoms with Gasteiger partial charge in [0, 0.05) is 35.7 Å². The molecule has 0 aliphatic heterocycles. The van der Waals surface area contributed by atoms with Crippen molar-refractivity contribution in [2.75, 3.05) is 0 Å². The Balaban J connectivity index is 1.56. The summed E-state index contributed by atoms with van der Waals surface area (Å²) >= 11 is -0.414. The number of pyridine rings is 2. The van der Waals surface area contributed by atoms with Gasteiger partial charge < -0.3 is 7.10 Å². The first-order chi connectivity index (χ1) is 15.4. The molecule has 0 saturated carbocycles. The van der Waals surface area contributed by atoms with Gasteiger partial charge in [0.2, 0.25) is 0 Å². The molecule has 0 atom stereocenters. The zero-order valence-corrected chi connectivity index (χ0v) is 17.7. The summed E-state index contributed by atoms with van der Waals surface area (Å²) in [5, 5.41) is 2.24. The molecular weight excluding hydrogens is 399 g/mol. The average molecular weight is 415 g/mol. The molecule has 0 fully saturated rings. The minimum absolute atomic E-state index is 0.414. The third-order valence-corrected chi connectivity index (χ3v) is 6.70. The van der Waals surface area contributed by atoms with Gasteiger partial charge in [0.15, 0.2) is 0 Å². The highest BCUT2D eigenvalue weighted by Gasteiger charge is 2.20. The van der Waals surface area contributed by atoms with Gasteiger partial charge in [-0.2, -0.15) is 0 Å². The van der Waals surface area contributed by atoms with E-state index in [4.69, 9.17) is 9.97 Å². The van der Waals surface area contributed by atoms with Crippen LogP contribution in [-0.2, 0) is 0 Å². The van der Waals surface area contributed by atoms with Gasteiger partial charge in [0.05, 0.1) is 5.52 Å². The molecule has 0 spiro atoms. The van der Waals surface area contributed by atoms with E-state index in [1.807, 2.05) is 73.2 Å². The number of hydrogen-bond donors (Lipinski definition) is 0. The number of imidazole rings is 2. The Labute approximate surface area is 185 Å². The van der Waals surface area contributed by atoms with E-state index in [-0.39, 0.29) is 0 Å². The first kappa shape index (κ1) is 18.0. The number of fused-ring (bicyclic) bond motifs is 2. The van der Waals surface area contributed by atoms with Crippen LogP contribution in [0.15, 0.2) is 97.6 Å². The number of rotatable bonds is 4. The molecule has 2 aromatic carbocycles. The third kappa shape index (κ3) is 3.12. The Morgan fingerprint density at radius 2 is 1.55 bits per heavy atom. The highest BCUT2D eigenvalue weighted by Crippen LogP contribution is 2.29. The van der Waals surface area contributed by atoms with Crippen molar-refractivity contribution < 1.29 is 0 Å². The van der Waals surface area contributed by atoms with Gasteiger partial charge >= 0.3 is 15.7 Å². The molecule has 0 amide bonds. The number of nitrogens with zero attached hydrogens (tertiary/aromatic N) is 6. The van der Waals surface area contributed by atoms with Gasteiger partial charge in [-0.1, -0.05) is 42.5 Å². The summed E-state index contributed by atoms with van der Waals surface area (Å²) in [6.07, 6.45) is 7.48. The molecule has 31 heavy (non-hydrogen) atoms. The summed E-state index contributed by atoms with van der Waals surface area (Å²) in [6, 6.07) is 24.4. The fourth-order valence-electron chi connectivity index (χ4n) is 3.85. The fourth-order valence-corrected chi connectivity index (χ4v) is 5.19. The number of benzene rings is 2. The summed E-state index contributed by atoms with van der Waals surface area (Å²) in [7, 11) is 0. The minimum Gasteiger partial charge on any atom is -0.409 e. The van der Waals surface area contributed by atoms with Gasteiger partial charge in [-0.05, 0) is 35.7 Å². The molecule has 4 heterocycles. The Kier molecular flexibility index (Phi) is 4.35. The van der Waals surface area contributed by atoms with Crippen LogP contribution in [0.25, 0.3) is 44.8 Å². The van der Waals surface area contributed by atoms with E-state index < -0.39 is 15.7 Å². The van der Waals surface area contributed by atoms with E-state index in [1.165, 1.54) is 0 Å². The minimum atomic E-state index is -0.414. The molecule has 0 saturated heterocycles. The smallest absolute Gasteiger partial charge is 0.409 e. The monoisotopic (exact) mass is 415 g/mol. The summed E-state index contributed by atoms with van der Waals surface area (Å²) in [5.41, 5.74) is 3.79. The van der Waals surface area contributed by atoms with Crippen LogP contribution in [0, 0.1) is 0 Å². The quantitative estimate of drug-likeness (QED) is 0.400. The second kappa shape index (κ2) is 7.48. The van der Waals surface area contributed by atoms with Crippen LogP contribution in [0.5, 0.6) is 0 Å². The predicted octanol–water partition coefficient (Wildman–Crippen LogP) is 4.44. The maximum absolute atomic E-state index is 4.99. The van der Waals surface area contributed by atoms with Crippen molar-refractivity contribution in [2.24, 2.45) is 0 Å². The van der Waals surface area contributed by atoms with E-state index in [0.29, 0.717) is 0 Å². The van der Waals surface area contributed by atoms with Crippen molar-refractivity contribution in [1.82, 2.24) is 27.0 Å². The highest BCUT2D eigenvalue weighted by atomic mass is 27.1. The second-order valence-electron chi connectivity index (χ2n) is 7.16. The first-order valence-corrected chi connectivity index (χ1v) is 11.0. The van der Waals surface area contributed by atoms with Crippen molar-refractivity contribution >= 4 is 37.5 Å². The molecule has 145 valence electrons. The van der Waals surface area contributed by atoms with E-state index in [0.717, 1.165) is 44.8 Å². The number of hydrogen-bond acceptors (Lipinski definition) is 4. The van der Waals surface area contributed by atoms with Crippen LogP contribution in [0.4, 0.5) is 0 Å². The molecule has 0 bridgehead atoms. The second-order valence-corrected chi connectivity index (χ2v) is 8.47. The number of aromatic nitrogens is 6. The summed E-state index contributed by atoms with van der Waals surface area (Å²) < 4.78 is 4.45. The lowest BCUT2D eigenvalue weighted by Crippen LogP contribution is -2.18. The van der Waals surface area contributed by atoms with Gasteiger partial charge in [-0.15, -0.1) is 0 Å². The van der Waals surface area contributed by atoms with Gasteiger partial charge in [0.25, 0.3) is 0 Å². The molecule has 6 nitrogen and oxygen atoms in total. The maximum atomic E-state index is 4.99. The SMILES string of the molecule is c1ccc(-c2ncc[n]2[Al][n]2c(-c3nccc4ccccc34)nc3ccccc32)nc1. The molecule has 0 aliphatic carbocycles. The largest absolute Gasteiger partial charge is 0.566 e. The van der Waals surface area contributed by atoms with Crippen LogP contribution in [0.2, 0.25) is 0 Å². The molecule has 0 N–H and O–H groups in total. The van der Waals surface area contributed by atoms with Gasteiger partial charge in [0.1, 0.15) is 23.0 Å². The molecule has 0 unspecified atom stereocenters. The Morgan fingerprint density at radius 3 is 2.48 bits per heavy atom. The zero-order chi connectivity index (χ0) is 20.6. The zero-order valence-electron chi connectivity index (χ0n) is 16.5. The first-order valence-electron chi connectivity index (χ1n) is 9.99. The lowest BCUT2D eigenvalue weighted by Gasteiger charge is -2.12. The molecular formula is C24H16AlN6. The molecule has 6 rings (SSSR count). The summed E-state index contributed by atoms with van der Waals surface area (Å²) in [5.74, 6) is 1.72. The van der Waals surface area contributed by atoms with Crippen LogP contribution in [-0.4, -0.2) is 42.7 Å². The predicted molar refractivity (Wildman–Crippen MR) is 122 cm³/mol. The van der Waals surface area contributed by atoms with Gasteiger partial charge in [-0.25, -0.2) is 9.97 Å². The van der Waals surface area contributed by atoms with Crippen molar-refractivity contribution in [3.05, 3.63) is 97.6 Å². The summed E-state index contributed by atoms with van der Waals surface area (Å²) in [6.45, 7) is 0. The number of para-hydroxylation sites is 2. The van der Waals surface area contributed by atoms with E-state index in [1.54, 1.807) is 6.20 Å². The third-order valence-electron chi connectivity index (χ3n) is 5.28. The molecule has 0 aliphatic rings. The summed E-state index contributed by atoms with van der Waals surface area (Å²) in [4.78, 5) is 18.8. The van der Waals surface area contributed by atoms with E-state index >= 15 is 0 Å². The maximum Gasteiger partial charge on any atom is 0.566 e. The lowest BCUT2D eigenvalue weighted by atomic mass is 10.1.